The summed E-state index contributed by atoms with van der Waals surface area (Å²) >= 11 is 8.20. The third-order valence-corrected chi connectivity index (χ3v) is 10.5. The first-order valence-electron chi connectivity index (χ1n) is 13.8. The lowest BCUT2D eigenvalue weighted by Crippen LogP contribution is -2.50. The molecule has 0 aromatic carbocycles. The Balaban J connectivity index is 1.23. The van der Waals surface area contributed by atoms with Crippen molar-refractivity contribution in [3.8, 4) is 0 Å². The highest BCUT2D eigenvalue weighted by Crippen LogP contribution is 2.46. The van der Waals surface area contributed by atoms with Crippen molar-refractivity contribution in [1.29, 1.82) is 0 Å². The van der Waals surface area contributed by atoms with Gasteiger partial charge in [0.05, 0.1) is 35.2 Å². The number of pyridine rings is 1. The van der Waals surface area contributed by atoms with Gasteiger partial charge in [0.2, 0.25) is 5.91 Å². The van der Waals surface area contributed by atoms with Gasteiger partial charge >= 0.3 is 0 Å². The highest BCUT2D eigenvalue weighted by atomic mass is 35.5. The number of carbonyl (C=O) groups excluding carboxylic acids is 2. The fraction of sp³-hybridized carbons (Fsp3) is 0.536. The summed E-state index contributed by atoms with van der Waals surface area (Å²) in [6, 6.07) is 1.65. The van der Waals surface area contributed by atoms with E-state index in [1.54, 1.807) is 22.0 Å². The van der Waals surface area contributed by atoms with Crippen LogP contribution in [0.3, 0.4) is 0 Å². The number of hydrogen-bond acceptors (Lipinski definition) is 8. The zero-order chi connectivity index (χ0) is 26.9. The second kappa shape index (κ2) is 9.38. The highest BCUT2D eigenvalue weighted by Gasteiger charge is 2.47. The van der Waals surface area contributed by atoms with E-state index in [1.165, 1.54) is 6.33 Å². The maximum atomic E-state index is 13.8. The van der Waals surface area contributed by atoms with Crippen LogP contribution >= 0.6 is 22.9 Å². The van der Waals surface area contributed by atoms with Crippen molar-refractivity contribution in [1.82, 2.24) is 19.4 Å². The van der Waals surface area contributed by atoms with E-state index in [4.69, 9.17) is 16.3 Å². The molecule has 1 saturated carbocycles. The summed E-state index contributed by atoms with van der Waals surface area (Å²) in [5.74, 6) is 0.644. The topological polar surface area (TPSA) is 106 Å². The molecule has 1 saturated heterocycles. The second-order valence-corrected chi connectivity index (χ2v) is 12.8. The Labute approximate surface area is 234 Å². The SMILES string of the molecule is C[C@@H]1COCCN1C(=O)[C@H]1CCc2c(sc3ncnc(Nc4cc(Cl)c5n(c4=O)C4(CCCC4)CC5=O)c23)C1. The minimum atomic E-state index is -0.465. The fourth-order valence-electron chi connectivity index (χ4n) is 7.11. The number of rotatable bonds is 3. The van der Waals surface area contributed by atoms with E-state index in [0.717, 1.165) is 59.2 Å². The van der Waals surface area contributed by atoms with Crippen molar-refractivity contribution in [2.24, 2.45) is 5.92 Å². The monoisotopic (exact) mass is 567 g/mol. The molecule has 39 heavy (non-hydrogen) atoms. The van der Waals surface area contributed by atoms with Crippen LogP contribution < -0.4 is 10.9 Å². The Morgan fingerprint density at radius 3 is 2.87 bits per heavy atom. The van der Waals surface area contributed by atoms with E-state index in [2.05, 4.69) is 15.3 Å². The summed E-state index contributed by atoms with van der Waals surface area (Å²) < 4.78 is 7.18. The fourth-order valence-corrected chi connectivity index (χ4v) is 8.68. The zero-order valence-corrected chi connectivity index (χ0v) is 23.4. The standard InChI is InChI=1S/C28H30ClN5O4S/c1-15-13-38-9-8-33(15)26(36)16-4-5-17-21(10-16)39-25-22(17)24(30-14-31-25)32-19-11-18(29)23-20(35)12-28(6-2-3-7-28)34(23)27(19)37/h11,14-16H,2-10,12-13H2,1H3,(H,30,31,32)/t15-,16+/m1/s1. The van der Waals surface area contributed by atoms with Crippen molar-refractivity contribution in [2.75, 3.05) is 25.1 Å². The predicted octanol–water partition coefficient (Wildman–Crippen LogP) is 4.46. The molecule has 2 fully saturated rings. The Bertz CT molecular complexity index is 1580. The smallest absolute Gasteiger partial charge is 0.275 e. The zero-order valence-electron chi connectivity index (χ0n) is 21.8. The number of hydrogen-bond donors (Lipinski definition) is 1. The Hall–Kier alpha value is -2.82. The van der Waals surface area contributed by atoms with Gasteiger partial charge in [-0.05, 0) is 50.7 Å². The molecule has 7 rings (SSSR count). The summed E-state index contributed by atoms with van der Waals surface area (Å²) in [7, 11) is 0. The van der Waals surface area contributed by atoms with Gasteiger partial charge in [-0.3, -0.25) is 19.0 Å². The van der Waals surface area contributed by atoms with Crippen LogP contribution in [-0.4, -0.2) is 56.9 Å². The van der Waals surface area contributed by atoms with Gasteiger partial charge in [-0.1, -0.05) is 24.4 Å². The number of fused-ring (bicyclic) bond motifs is 5. The molecule has 11 heteroatoms. The maximum Gasteiger partial charge on any atom is 0.275 e. The van der Waals surface area contributed by atoms with Crippen molar-refractivity contribution in [3.05, 3.63) is 43.9 Å². The molecule has 1 amide bonds. The van der Waals surface area contributed by atoms with Gasteiger partial charge in [-0.25, -0.2) is 9.97 Å². The number of aryl methyl sites for hydroxylation is 1. The van der Waals surface area contributed by atoms with Gasteiger partial charge in [-0.2, -0.15) is 0 Å². The summed E-state index contributed by atoms with van der Waals surface area (Å²) in [5.41, 5.74) is 1.10. The molecular formula is C28H30ClN5O4S. The van der Waals surface area contributed by atoms with Gasteiger partial charge < -0.3 is 15.0 Å². The number of ketones is 1. The van der Waals surface area contributed by atoms with Crippen LogP contribution in [0.2, 0.25) is 5.02 Å². The molecule has 0 unspecified atom stereocenters. The quantitative estimate of drug-likeness (QED) is 0.498. The third-order valence-electron chi connectivity index (χ3n) is 9.02. The Morgan fingerprint density at radius 1 is 1.26 bits per heavy atom. The number of anilines is 2. The molecule has 2 aliphatic heterocycles. The lowest BCUT2D eigenvalue weighted by molar-refractivity contribution is -0.143. The summed E-state index contributed by atoms with van der Waals surface area (Å²) in [6.07, 6.45) is 7.63. The molecule has 0 bridgehead atoms. The van der Waals surface area contributed by atoms with Crippen molar-refractivity contribution < 1.29 is 14.3 Å². The molecule has 3 aromatic rings. The highest BCUT2D eigenvalue weighted by molar-refractivity contribution is 7.19. The van der Waals surface area contributed by atoms with E-state index in [0.29, 0.717) is 54.8 Å². The number of aromatic nitrogens is 3. The van der Waals surface area contributed by atoms with Gasteiger partial charge in [0, 0.05) is 23.8 Å². The molecule has 1 spiro atoms. The number of ether oxygens (including phenoxy) is 1. The minimum absolute atomic E-state index is 0.0579. The van der Waals surface area contributed by atoms with E-state index in [1.807, 2.05) is 11.8 Å². The van der Waals surface area contributed by atoms with Crippen LogP contribution in [0.4, 0.5) is 11.5 Å². The lowest BCUT2D eigenvalue weighted by atomic mass is 9.86. The van der Waals surface area contributed by atoms with Crippen LogP contribution in [-0.2, 0) is 27.9 Å². The summed E-state index contributed by atoms with van der Waals surface area (Å²) in [6.45, 7) is 3.85. The van der Waals surface area contributed by atoms with E-state index >= 15 is 0 Å². The normalized spacial score (nSPS) is 23.8. The number of morpholine rings is 1. The van der Waals surface area contributed by atoms with Gasteiger partial charge in [0.25, 0.3) is 5.56 Å². The number of halogens is 1. The molecule has 9 nitrogen and oxygen atoms in total. The van der Waals surface area contributed by atoms with Gasteiger partial charge in [-0.15, -0.1) is 11.3 Å². The van der Waals surface area contributed by atoms with Crippen molar-refractivity contribution >= 4 is 56.4 Å². The van der Waals surface area contributed by atoms with Crippen LogP contribution in [0.5, 0.6) is 0 Å². The second-order valence-electron chi connectivity index (χ2n) is 11.4. The number of thiophene rings is 1. The summed E-state index contributed by atoms with van der Waals surface area (Å²) in [5, 5.41) is 4.46. The Kier molecular flexibility index (Phi) is 6.06. The van der Waals surface area contributed by atoms with E-state index in [9.17, 15) is 14.4 Å². The van der Waals surface area contributed by atoms with Crippen LogP contribution in [0, 0.1) is 5.92 Å². The molecule has 204 valence electrons. The van der Waals surface area contributed by atoms with Crippen molar-refractivity contribution in [3.63, 3.8) is 0 Å². The molecule has 5 heterocycles. The third kappa shape index (κ3) is 3.94. The first-order valence-corrected chi connectivity index (χ1v) is 15.0. The molecule has 2 atom stereocenters. The number of amides is 1. The van der Waals surface area contributed by atoms with Crippen LogP contribution in [0.25, 0.3) is 10.2 Å². The van der Waals surface area contributed by atoms with E-state index < -0.39 is 5.54 Å². The largest absolute Gasteiger partial charge is 0.377 e. The van der Waals surface area contributed by atoms with Gasteiger partial charge in [0.15, 0.2) is 5.78 Å². The molecule has 2 aliphatic carbocycles. The summed E-state index contributed by atoms with van der Waals surface area (Å²) in [4.78, 5) is 53.0. The predicted molar refractivity (Wildman–Crippen MR) is 149 cm³/mol. The van der Waals surface area contributed by atoms with Crippen LogP contribution in [0.1, 0.15) is 66.4 Å². The molecule has 1 N–H and O–H groups in total. The van der Waals surface area contributed by atoms with Crippen LogP contribution in [0.15, 0.2) is 17.2 Å². The maximum absolute atomic E-state index is 13.8. The number of carbonyl (C=O) groups is 2. The first-order chi connectivity index (χ1) is 18.9. The van der Waals surface area contributed by atoms with E-state index in [-0.39, 0.29) is 29.2 Å². The molecule has 0 radical (unpaired) electrons. The number of Topliss-reactive ketones (excluding diaryl/α,β-unsaturated/α-hetero) is 1. The molecular weight excluding hydrogens is 538 g/mol. The molecule has 4 aliphatic rings. The average molecular weight is 568 g/mol. The minimum Gasteiger partial charge on any atom is -0.377 e. The first kappa shape index (κ1) is 25.2. The van der Waals surface area contributed by atoms with Crippen molar-refractivity contribution in [2.45, 2.75) is 69.9 Å². The number of nitrogens with one attached hydrogen (secondary N) is 1. The average Bonchev–Trinajstić information content (AvgIpc) is 3.62. The Morgan fingerprint density at radius 2 is 2.08 bits per heavy atom. The number of nitrogens with zero attached hydrogens (tertiary/aromatic N) is 4. The van der Waals surface area contributed by atoms with Gasteiger partial charge in [0.1, 0.15) is 28.4 Å². The lowest BCUT2D eigenvalue weighted by Gasteiger charge is -2.36. The molecule has 3 aromatic heterocycles.